The number of hydrogen-bond acceptors (Lipinski definition) is 3. The molecule has 1 unspecified atom stereocenters. The van der Waals surface area contributed by atoms with Gasteiger partial charge in [-0.1, -0.05) is 42.0 Å². The molecule has 0 amide bonds. The summed E-state index contributed by atoms with van der Waals surface area (Å²) >= 11 is 7.96. The molecule has 0 saturated heterocycles. The molecule has 0 fully saturated rings. The monoisotopic (exact) mass is 345 g/mol. The van der Waals surface area contributed by atoms with Gasteiger partial charge >= 0.3 is 5.97 Å². The Labute approximate surface area is 139 Å². The van der Waals surface area contributed by atoms with Crippen molar-refractivity contribution in [3.05, 3.63) is 34.3 Å². The number of carbonyl (C=O) groups excluding carboxylic acids is 1. The van der Waals surface area contributed by atoms with E-state index in [1.165, 1.54) is 11.8 Å². The summed E-state index contributed by atoms with van der Waals surface area (Å²) in [6, 6.07) is 8.15. The van der Waals surface area contributed by atoms with Crippen LogP contribution < -0.4 is 17.0 Å². The van der Waals surface area contributed by atoms with Crippen molar-refractivity contribution in [2.45, 2.75) is 13.3 Å². The Bertz CT molecular complexity index is 667. The first-order chi connectivity index (χ1) is 9.58. The van der Waals surface area contributed by atoms with Crippen molar-refractivity contribution >= 4 is 45.2 Å². The molecule has 1 heterocycles. The molecule has 0 saturated carbocycles. The van der Waals surface area contributed by atoms with Gasteiger partial charge in [-0.25, -0.2) is 0 Å². The second kappa shape index (κ2) is 7.78. The first kappa shape index (κ1) is 18.0. The molecule has 21 heavy (non-hydrogen) atoms. The van der Waals surface area contributed by atoms with Gasteiger partial charge in [-0.15, -0.1) is 0 Å². The van der Waals surface area contributed by atoms with Crippen molar-refractivity contribution in [3.63, 3.8) is 0 Å². The van der Waals surface area contributed by atoms with Gasteiger partial charge in [0.05, 0.1) is 13.0 Å². The number of aromatic nitrogens is 1. The van der Waals surface area contributed by atoms with E-state index in [0.29, 0.717) is 11.5 Å². The number of hydrogen-bond donors (Lipinski definition) is 0. The highest BCUT2D eigenvalue weighted by atomic mass is 35.5. The second-order valence-corrected chi connectivity index (χ2v) is 5.98. The maximum atomic E-state index is 11.7. The normalized spacial score (nSPS) is 12.9. The highest BCUT2D eigenvalue weighted by molar-refractivity contribution is 7.18. The minimum absolute atomic E-state index is 0. The minimum atomic E-state index is -0.396. The van der Waals surface area contributed by atoms with Crippen molar-refractivity contribution < 1.29 is 26.5 Å². The van der Waals surface area contributed by atoms with Crippen LogP contribution in [0.3, 0.4) is 0 Å². The highest BCUT2D eigenvalue weighted by Crippen LogP contribution is 2.26. The van der Waals surface area contributed by atoms with Gasteiger partial charge in [0.2, 0.25) is 5.52 Å². The summed E-state index contributed by atoms with van der Waals surface area (Å²) < 4.78 is 8.05. The van der Waals surface area contributed by atoms with Crippen LogP contribution >= 0.6 is 22.9 Å². The molecule has 2 aromatic rings. The van der Waals surface area contributed by atoms with Crippen LogP contribution in [0.5, 0.6) is 0 Å². The number of nitrogens with zero attached hydrogens (tertiary/aromatic N) is 1. The van der Waals surface area contributed by atoms with Crippen LogP contribution in [0.2, 0.25) is 0 Å². The number of carbonyl (C=O) groups is 1. The number of aryl methyl sites for hydroxylation is 1. The fourth-order valence-electron chi connectivity index (χ4n) is 2.08. The number of rotatable bonds is 4. The summed E-state index contributed by atoms with van der Waals surface area (Å²) in [4.78, 5) is 11.7. The highest BCUT2D eigenvalue weighted by Gasteiger charge is 2.23. The third kappa shape index (κ3) is 3.76. The Morgan fingerprint density at radius 2 is 2.14 bits per heavy atom. The fraction of sp³-hybridized carbons (Fsp3) is 0.333. The molecule has 0 spiro atoms. The number of thiazole rings is 1. The topological polar surface area (TPSA) is 30.2 Å². The van der Waals surface area contributed by atoms with E-state index in [0.717, 1.165) is 10.5 Å². The first-order valence-electron chi connectivity index (χ1n) is 6.41. The number of para-hydroxylation sites is 1. The molecule has 114 valence electrons. The van der Waals surface area contributed by atoms with Gasteiger partial charge in [-0.3, -0.25) is 4.79 Å². The summed E-state index contributed by atoms with van der Waals surface area (Å²) in [6.45, 7) is 1.92. The largest absolute Gasteiger partial charge is 1.00 e. The summed E-state index contributed by atoms with van der Waals surface area (Å²) in [5, 5.41) is 1.53. The lowest BCUT2D eigenvalue weighted by atomic mass is 10.1. The van der Waals surface area contributed by atoms with Crippen molar-refractivity contribution in [1.29, 1.82) is 0 Å². The summed E-state index contributed by atoms with van der Waals surface area (Å²) in [5.74, 6) is -0.690. The Balaban J connectivity index is 0.00000220. The molecule has 0 aliphatic rings. The summed E-state index contributed by atoms with van der Waals surface area (Å²) in [5.41, 5.74) is 1.15. The molecule has 1 aromatic heterocycles. The lowest BCUT2D eigenvalue weighted by Crippen LogP contribution is -3.00. The van der Waals surface area contributed by atoms with Crippen LogP contribution in [0.1, 0.15) is 18.4 Å². The van der Waals surface area contributed by atoms with Gasteiger partial charge in [0.25, 0.3) is 5.01 Å². The van der Waals surface area contributed by atoms with Gasteiger partial charge in [0.15, 0.2) is 0 Å². The van der Waals surface area contributed by atoms with E-state index >= 15 is 0 Å². The minimum Gasteiger partial charge on any atom is -1.00 e. The SMILES string of the molecule is CCC(C(=O)OC)/C(Cl)=C/c1sc2ccccc2[n+]1C.[Cl-]. The van der Waals surface area contributed by atoms with Crippen LogP contribution in [0.15, 0.2) is 29.3 Å². The maximum absolute atomic E-state index is 11.7. The Morgan fingerprint density at radius 1 is 1.48 bits per heavy atom. The number of ether oxygens (including phenoxy) is 1. The van der Waals surface area contributed by atoms with E-state index < -0.39 is 5.92 Å². The summed E-state index contributed by atoms with van der Waals surface area (Å²) in [7, 11) is 3.38. The molecule has 0 bridgehead atoms. The lowest BCUT2D eigenvalue weighted by Gasteiger charge is -2.10. The molecule has 0 aliphatic carbocycles. The van der Waals surface area contributed by atoms with Crippen molar-refractivity contribution in [1.82, 2.24) is 0 Å². The first-order valence-corrected chi connectivity index (χ1v) is 7.60. The summed E-state index contributed by atoms with van der Waals surface area (Å²) in [6.07, 6.45) is 2.48. The molecule has 6 heteroatoms. The zero-order valence-electron chi connectivity index (χ0n) is 12.1. The van der Waals surface area contributed by atoms with Crippen molar-refractivity contribution in [2.75, 3.05) is 7.11 Å². The third-order valence-electron chi connectivity index (χ3n) is 3.26. The molecule has 1 aromatic carbocycles. The second-order valence-electron chi connectivity index (χ2n) is 4.48. The van der Waals surface area contributed by atoms with Gasteiger partial charge in [-0.2, -0.15) is 4.57 Å². The van der Waals surface area contributed by atoms with E-state index in [2.05, 4.69) is 16.7 Å². The predicted molar refractivity (Wildman–Crippen MR) is 82.6 cm³/mol. The van der Waals surface area contributed by atoms with Gasteiger partial charge in [0, 0.05) is 17.2 Å². The van der Waals surface area contributed by atoms with Crippen molar-refractivity contribution in [3.8, 4) is 0 Å². The van der Waals surface area contributed by atoms with E-state index in [4.69, 9.17) is 16.3 Å². The molecule has 0 radical (unpaired) electrons. The fourth-order valence-corrected chi connectivity index (χ4v) is 3.60. The molecule has 3 nitrogen and oxygen atoms in total. The van der Waals surface area contributed by atoms with E-state index in [1.54, 1.807) is 11.3 Å². The van der Waals surface area contributed by atoms with Crippen LogP contribution in [0, 0.1) is 5.92 Å². The number of halogens is 2. The van der Waals surface area contributed by atoms with Gasteiger partial charge in [-0.05, 0) is 12.5 Å². The number of methoxy groups -OCH3 is 1. The third-order valence-corrected chi connectivity index (χ3v) is 4.80. The molecule has 2 rings (SSSR count). The maximum Gasteiger partial charge on any atom is 0.314 e. The Hall–Kier alpha value is -1.10. The Morgan fingerprint density at radius 3 is 2.71 bits per heavy atom. The molecule has 0 aliphatic heterocycles. The number of esters is 1. The molecule has 1 atom stereocenters. The zero-order chi connectivity index (χ0) is 14.7. The lowest BCUT2D eigenvalue weighted by molar-refractivity contribution is -0.642. The van der Waals surface area contributed by atoms with Crippen LogP contribution in [0.25, 0.3) is 16.3 Å². The molecule has 0 N–H and O–H groups in total. The quantitative estimate of drug-likeness (QED) is 0.597. The van der Waals surface area contributed by atoms with Gasteiger partial charge in [0.1, 0.15) is 11.7 Å². The Kier molecular flexibility index (Phi) is 6.65. The van der Waals surface area contributed by atoms with Gasteiger partial charge < -0.3 is 17.1 Å². The molecular weight excluding hydrogens is 329 g/mol. The van der Waals surface area contributed by atoms with Crippen LogP contribution in [-0.4, -0.2) is 13.1 Å². The smallest absolute Gasteiger partial charge is 0.314 e. The number of benzene rings is 1. The van der Waals surface area contributed by atoms with Crippen molar-refractivity contribution in [2.24, 2.45) is 13.0 Å². The van der Waals surface area contributed by atoms with E-state index in [-0.39, 0.29) is 18.4 Å². The average Bonchev–Trinajstić information content (AvgIpc) is 2.76. The van der Waals surface area contributed by atoms with Crippen LogP contribution in [0.4, 0.5) is 0 Å². The predicted octanol–water partition coefficient (Wildman–Crippen LogP) is 0.509. The average molecular weight is 346 g/mol. The number of fused-ring (bicyclic) bond motifs is 1. The van der Waals surface area contributed by atoms with E-state index in [1.807, 2.05) is 32.2 Å². The van der Waals surface area contributed by atoms with E-state index in [9.17, 15) is 4.79 Å². The molecular formula is C15H17Cl2NO2S. The zero-order valence-corrected chi connectivity index (χ0v) is 14.4. The standard InChI is InChI=1S/C15H17ClNO2S.ClH/c1-4-10(15(18)19-3)11(16)9-14-17(2)12-7-5-6-8-13(12)20-14;/h5-10H,4H2,1-3H3;1H/q+1;/p-1/b11-9-;. The van der Waals surface area contributed by atoms with Crippen LogP contribution in [-0.2, 0) is 16.6 Å².